The van der Waals surface area contributed by atoms with E-state index in [1.807, 2.05) is 0 Å². The first-order chi connectivity index (χ1) is 6.99. The van der Waals surface area contributed by atoms with E-state index in [0.717, 1.165) is 0 Å². The molecule has 0 atom stereocenters. The number of halogens is 3. The van der Waals surface area contributed by atoms with E-state index in [-0.39, 0.29) is 11.5 Å². The average Bonchev–Trinajstić information content (AvgIpc) is 2.17. The summed E-state index contributed by atoms with van der Waals surface area (Å²) in [5.74, 6) is -0.198. The zero-order valence-corrected chi connectivity index (χ0v) is 8.31. The van der Waals surface area contributed by atoms with Gasteiger partial charge >= 0.3 is 6.18 Å². The molecule has 1 radical (unpaired) electrons. The summed E-state index contributed by atoms with van der Waals surface area (Å²) in [6.07, 6.45) is -4.49. The summed E-state index contributed by atoms with van der Waals surface area (Å²) in [5.41, 5.74) is -0.948. The maximum atomic E-state index is 12.5. The van der Waals surface area contributed by atoms with Crippen molar-refractivity contribution in [2.45, 2.75) is 13.1 Å². The quantitative estimate of drug-likeness (QED) is 0.778. The van der Waals surface area contributed by atoms with Gasteiger partial charge < -0.3 is 9.47 Å². The Labute approximate surface area is 85.6 Å². The molecular weight excluding hydrogens is 209 g/mol. The van der Waals surface area contributed by atoms with Crippen molar-refractivity contribution in [3.05, 3.63) is 23.8 Å². The van der Waals surface area contributed by atoms with E-state index in [2.05, 4.69) is 10.8 Å². The third-order valence-corrected chi connectivity index (χ3v) is 1.68. The summed E-state index contributed by atoms with van der Waals surface area (Å²) in [6.45, 7) is 1.98. The van der Waals surface area contributed by atoms with E-state index < -0.39 is 11.7 Å². The Morgan fingerprint density at radius 3 is 2.47 bits per heavy atom. The van der Waals surface area contributed by atoms with E-state index in [0.29, 0.717) is 6.61 Å². The third-order valence-electron chi connectivity index (χ3n) is 1.68. The molecule has 2 nitrogen and oxygen atoms in total. The second-order valence-electron chi connectivity index (χ2n) is 2.70. The second kappa shape index (κ2) is 4.42. The molecule has 83 valence electrons. The summed E-state index contributed by atoms with van der Waals surface area (Å²) < 4.78 is 47.0. The molecule has 0 unspecified atom stereocenters. The maximum Gasteiger partial charge on any atom is 0.420 e. The van der Waals surface area contributed by atoms with Crippen molar-refractivity contribution < 1.29 is 22.6 Å². The Morgan fingerprint density at radius 2 is 2.00 bits per heavy atom. The maximum absolute atomic E-state index is 12.5. The monoisotopic (exact) mass is 219 g/mol. The minimum absolute atomic E-state index is 0.0608. The van der Waals surface area contributed by atoms with E-state index in [1.54, 1.807) is 6.92 Å². The van der Waals surface area contributed by atoms with Gasteiger partial charge in [0.05, 0.1) is 13.7 Å². The number of hydrogen-bond donors (Lipinski definition) is 0. The van der Waals surface area contributed by atoms with Crippen LogP contribution in [0.2, 0.25) is 0 Å². The van der Waals surface area contributed by atoms with Crippen LogP contribution in [0.15, 0.2) is 12.1 Å². The number of alkyl halides is 3. The molecule has 1 aromatic carbocycles. The van der Waals surface area contributed by atoms with Crippen molar-refractivity contribution in [1.29, 1.82) is 0 Å². The largest absolute Gasteiger partial charge is 0.496 e. The van der Waals surface area contributed by atoms with E-state index >= 15 is 0 Å². The van der Waals surface area contributed by atoms with Gasteiger partial charge in [0.1, 0.15) is 17.1 Å². The molecule has 1 aromatic rings. The molecule has 15 heavy (non-hydrogen) atoms. The van der Waals surface area contributed by atoms with Crippen LogP contribution in [0, 0.1) is 6.07 Å². The van der Waals surface area contributed by atoms with Gasteiger partial charge in [-0.3, -0.25) is 0 Å². The molecule has 0 saturated carbocycles. The van der Waals surface area contributed by atoms with Gasteiger partial charge in [0.2, 0.25) is 0 Å². The van der Waals surface area contributed by atoms with Crippen molar-refractivity contribution in [3.63, 3.8) is 0 Å². The van der Waals surface area contributed by atoms with Gasteiger partial charge in [-0.1, -0.05) is 0 Å². The molecule has 0 aliphatic carbocycles. The highest BCUT2D eigenvalue weighted by Gasteiger charge is 2.35. The standard InChI is InChI=1S/C10H10F3O2/c1-3-15-7-4-5-9(14-2)8(6-7)10(11,12)13/h4-5H,3H2,1-2H3. The molecule has 1 rings (SSSR count). The van der Waals surface area contributed by atoms with Crippen molar-refractivity contribution in [1.82, 2.24) is 0 Å². The molecule has 0 N–H and O–H groups in total. The Kier molecular flexibility index (Phi) is 3.44. The minimum atomic E-state index is -4.49. The van der Waals surface area contributed by atoms with Gasteiger partial charge in [-0.2, -0.15) is 13.2 Å². The summed E-state index contributed by atoms with van der Waals surface area (Å²) in [5, 5.41) is 0. The van der Waals surface area contributed by atoms with Crippen LogP contribution < -0.4 is 9.47 Å². The Balaban J connectivity index is 3.13. The van der Waals surface area contributed by atoms with Gasteiger partial charge in [0.25, 0.3) is 0 Å². The van der Waals surface area contributed by atoms with Crippen LogP contribution in [-0.2, 0) is 6.18 Å². The van der Waals surface area contributed by atoms with E-state index in [1.165, 1.54) is 19.2 Å². The van der Waals surface area contributed by atoms with Gasteiger partial charge in [-0.05, 0) is 19.1 Å². The molecule has 0 saturated heterocycles. The number of methoxy groups -OCH3 is 1. The molecule has 0 spiro atoms. The van der Waals surface area contributed by atoms with E-state index in [4.69, 9.17) is 4.74 Å². The number of hydrogen-bond acceptors (Lipinski definition) is 2. The third kappa shape index (κ3) is 2.78. The summed E-state index contributed by atoms with van der Waals surface area (Å²) in [6, 6.07) is 4.73. The topological polar surface area (TPSA) is 18.5 Å². The predicted octanol–water partition coefficient (Wildman–Crippen LogP) is 2.91. The van der Waals surface area contributed by atoms with Crippen LogP contribution in [0.1, 0.15) is 12.5 Å². The fourth-order valence-electron chi connectivity index (χ4n) is 1.08. The average molecular weight is 219 g/mol. The Morgan fingerprint density at radius 1 is 1.33 bits per heavy atom. The lowest BCUT2D eigenvalue weighted by Crippen LogP contribution is -2.08. The smallest absolute Gasteiger partial charge is 0.420 e. The van der Waals surface area contributed by atoms with Crippen molar-refractivity contribution >= 4 is 0 Å². The molecule has 0 aliphatic heterocycles. The number of benzene rings is 1. The zero-order chi connectivity index (χ0) is 11.5. The van der Waals surface area contributed by atoms with E-state index in [9.17, 15) is 13.2 Å². The van der Waals surface area contributed by atoms with Crippen LogP contribution in [0.5, 0.6) is 11.5 Å². The summed E-state index contributed by atoms with van der Waals surface area (Å²) in [4.78, 5) is 0. The summed E-state index contributed by atoms with van der Waals surface area (Å²) in [7, 11) is 1.18. The molecule has 0 aliphatic rings. The molecule has 0 amide bonds. The molecular formula is C10H10F3O2. The minimum Gasteiger partial charge on any atom is -0.496 e. The van der Waals surface area contributed by atoms with Gasteiger partial charge in [-0.25, -0.2) is 0 Å². The SMILES string of the molecule is CCOc1[c]c(C(F)(F)F)c(OC)cc1. The lowest BCUT2D eigenvalue weighted by atomic mass is 10.2. The lowest BCUT2D eigenvalue weighted by molar-refractivity contribution is -0.139. The normalized spacial score (nSPS) is 11.3. The highest BCUT2D eigenvalue weighted by atomic mass is 19.4. The molecule has 5 heteroatoms. The fourth-order valence-corrected chi connectivity index (χ4v) is 1.08. The first-order valence-corrected chi connectivity index (χ1v) is 4.29. The molecule has 0 fully saturated rings. The van der Waals surface area contributed by atoms with Gasteiger partial charge in [0.15, 0.2) is 0 Å². The molecule has 0 heterocycles. The fraction of sp³-hybridized carbons (Fsp3) is 0.400. The van der Waals surface area contributed by atoms with Crippen LogP contribution in [-0.4, -0.2) is 13.7 Å². The van der Waals surface area contributed by atoms with Crippen LogP contribution >= 0.6 is 0 Å². The van der Waals surface area contributed by atoms with Crippen molar-refractivity contribution in [2.75, 3.05) is 13.7 Å². The first kappa shape index (κ1) is 11.7. The van der Waals surface area contributed by atoms with Gasteiger partial charge in [0, 0.05) is 6.07 Å². The summed E-state index contributed by atoms with van der Waals surface area (Å²) >= 11 is 0. The van der Waals surface area contributed by atoms with Gasteiger partial charge in [-0.15, -0.1) is 0 Å². The van der Waals surface area contributed by atoms with Crippen LogP contribution in [0.3, 0.4) is 0 Å². The first-order valence-electron chi connectivity index (χ1n) is 4.29. The second-order valence-corrected chi connectivity index (χ2v) is 2.70. The lowest BCUT2D eigenvalue weighted by Gasteiger charge is -2.12. The highest BCUT2D eigenvalue weighted by Crippen LogP contribution is 2.37. The Hall–Kier alpha value is -1.39. The highest BCUT2D eigenvalue weighted by molar-refractivity contribution is 5.40. The Bertz CT molecular complexity index is 334. The van der Waals surface area contributed by atoms with Crippen molar-refractivity contribution in [3.8, 4) is 11.5 Å². The number of ether oxygens (including phenoxy) is 2. The molecule has 0 bridgehead atoms. The van der Waals surface area contributed by atoms with Crippen LogP contribution in [0.25, 0.3) is 0 Å². The van der Waals surface area contributed by atoms with Crippen molar-refractivity contribution in [2.24, 2.45) is 0 Å². The number of rotatable bonds is 3. The molecule has 0 aromatic heterocycles. The van der Waals surface area contributed by atoms with Crippen LogP contribution in [0.4, 0.5) is 13.2 Å². The zero-order valence-electron chi connectivity index (χ0n) is 8.31. The predicted molar refractivity (Wildman–Crippen MR) is 48.0 cm³/mol.